The summed E-state index contributed by atoms with van der Waals surface area (Å²) in [6.07, 6.45) is 1.48. The lowest BCUT2D eigenvalue weighted by Crippen LogP contribution is -1.96. The van der Waals surface area contributed by atoms with Crippen molar-refractivity contribution in [3.05, 3.63) is 27.2 Å². The van der Waals surface area contributed by atoms with Gasteiger partial charge in [-0.05, 0) is 6.92 Å². The Morgan fingerprint density at radius 3 is 2.60 bits per heavy atom. The van der Waals surface area contributed by atoms with Gasteiger partial charge in [-0.3, -0.25) is 0 Å². The molecule has 0 saturated carbocycles. The fraction of sp³-hybridized carbons (Fsp3) is 0.125. The van der Waals surface area contributed by atoms with E-state index in [-0.39, 0.29) is 16.7 Å². The third kappa shape index (κ3) is 2.09. The maximum Gasteiger partial charge on any atom is 0.190 e. The van der Waals surface area contributed by atoms with Crippen molar-refractivity contribution < 1.29 is 4.39 Å². The van der Waals surface area contributed by atoms with Gasteiger partial charge in [-0.25, -0.2) is 19.3 Å². The van der Waals surface area contributed by atoms with E-state index in [4.69, 9.17) is 23.2 Å². The molecule has 0 aromatic carbocycles. The number of thiazole rings is 1. The molecule has 2 rings (SSSR count). The molecule has 0 aliphatic carbocycles. The van der Waals surface area contributed by atoms with Gasteiger partial charge < -0.3 is 0 Å². The molecule has 0 radical (unpaired) electrons. The number of nitrogens with zero attached hydrogens (tertiary/aromatic N) is 3. The Bertz CT molecular complexity index is 491. The summed E-state index contributed by atoms with van der Waals surface area (Å²) in [5, 5.41) is 0.314. The van der Waals surface area contributed by atoms with Crippen molar-refractivity contribution in [2.45, 2.75) is 6.92 Å². The van der Waals surface area contributed by atoms with Crippen LogP contribution < -0.4 is 0 Å². The topological polar surface area (TPSA) is 38.7 Å². The quantitative estimate of drug-likeness (QED) is 0.741. The molecule has 0 amide bonds. The fourth-order valence-electron chi connectivity index (χ4n) is 0.978. The lowest BCUT2D eigenvalue weighted by Gasteiger charge is -2.00. The van der Waals surface area contributed by atoms with Gasteiger partial charge >= 0.3 is 0 Å². The Morgan fingerprint density at radius 1 is 1.33 bits per heavy atom. The molecule has 15 heavy (non-hydrogen) atoms. The van der Waals surface area contributed by atoms with Crippen molar-refractivity contribution >= 4 is 34.5 Å². The standard InChI is InChI=1S/C8H4Cl2FN3S/c1-3-5(11)6(10)14-7(13-3)8-12-2-4(9)15-8/h2H,1H3. The Kier molecular flexibility index (Phi) is 2.86. The van der Waals surface area contributed by atoms with E-state index in [1.165, 1.54) is 24.5 Å². The third-order valence-corrected chi connectivity index (χ3v) is 3.01. The molecule has 0 aliphatic rings. The number of rotatable bonds is 1. The third-order valence-electron chi connectivity index (χ3n) is 1.65. The van der Waals surface area contributed by atoms with E-state index in [9.17, 15) is 4.39 Å². The minimum atomic E-state index is -0.608. The molecule has 0 aliphatic heterocycles. The van der Waals surface area contributed by atoms with Crippen LogP contribution in [0.2, 0.25) is 9.49 Å². The molecular formula is C8H4Cl2FN3S. The highest BCUT2D eigenvalue weighted by atomic mass is 35.5. The summed E-state index contributed by atoms with van der Waals surface area (Å²) in [5.41, 5.74) is 0.191. The molecule has 2 aromatic heterocycles. The van der Waals surface area contributed by atoms with Crippen LogP contribution in [0.25, 0.3) is 10.8 Å². The Hall–Kier alpha value is -0.780. The van der Waals surface area contributed by atoms with Crippen molar-refractivity contribution in [3.8, 4) is 10.8 Å². The summed E-state index contributed by atoms with van der Waals surface area (Å²) in [4.78, 5) is 11.7. The first-order valence-electron chi connectivity index (χ1n) is 3.89. The van der Waals surface area contributed by atoms with E-state index >= 15 is 0 Å². The molecule has 0 bridgehead atoms. The van der Waals surface area contributed by atoms with Gasteiger partial charge in [0.2, 0.25) is 0 Å². The van der Waals surface area contributed by atoms with Crippen LogP contribution in [0.1, 0.15) is 5.69 Å². The molecule has 0 unspecified atom stereocenters. The average Bonchev–Trinajstić information content (AvgIpc) is 2.60. The summed E-state index contributed by atoms with van der Waals surface area (Å²) in [5.74, 6) is -0.320. The number of hydrogen-bond donors (Lipinski definition) is 0. The largest absolute Gasteiger partial charge is 0.240 e. The zero-order chi connectivity index (χ0) is 11.0. The predicted octanol–water partition coefficient (Wildman–Crippen LogP) is 3.35. The minimum absolute atomic E-state index is 0.191. The van der Waals surface area contributed by atoms with Gasteiger partial charge in [0.25, 0.3) is 0 Å². The van der Waals surface area contributed by atoms with Crippen LogP contribution in [0.15, 0.2) is 6.20 Å². The predicted molar refractivity (Wildman–Crippen MR) is 57.9 cm³/mol. The summed E-state index contributed by atoms with van der Waals surface area (Å²) < 4.78 is 13.7. The van der Waals surface area contributed by atoms with Crippen molar-refractivity contribution in [2.75, 3.05) is 0 Å². The summed E-state index contributed by atoms with van der Waals surface area (Å²) in [6, 6.07) is 0. The van der Waals surface area contributed by atoms with Crippen LogP contribution in [-0.4, -0.2) is 15.0 Å². The first-order valence-corrected chi connectivity index (χ1v) is 5.46. The van der Waals surface area contributed by atoms with Crippen LogP contribution >= 0.6 is 34.5 Å². The van der Waals surface area contributed by atoms with E-state index < -0.39 is 5.82 Å². The van der Waals surface area contributed by atoms with Gasteiger partial charge in [0, 0.05) is 0 Å². The second-order valence-corrected chi connectivity index (χ2v) is 4.73. The smallest absolute Gasteiger partial charge is 0.190 e. The van der Waals surface area contributed by atoms with Gasteiger partial charge in [0.05, 0.1) is 11.9 Å². The van der Waals surface area contributed by atoms with Gasteiger partial charge in [0.1, 0.15) is 4.34 Å². The normalized spacial score (nSPS) is 10.7. The minimum Gasteiger partial charge on any atom is -0.240 e. The monoisotopic (exact) mass is 263 g/mol. The molecule has 3 nitrogen and oxygen atoms in total. The van der Waals surface area contributed by atoms with E-state index in [0.29, 0.717) is 9.34 Å². The van der Waals surface area contributed by atoms with Gasteiger partial charge in [0.15, 0.2) is 21.8 Å². The van der Waals surface area contributed by atoms with E-state index in [2.05, 4.69) is 15.0 Å². The van der Waals surface area contributed by atoms with Gasteiger partial charge in [-0.1, -0.05) is 34.5 Å². The SMILES string of the molecule is Cc1nc(-c2ncc(Cl)s2)nc(Cl)c1F. The first kappa shape index (κ1) is 10.7. The molecule has 0 spiro atoms. The van der Waals surface area contributed by atoms with Crippen molar-refractivity contribution in [1.82, 2.24) is 15.0 Å². The maximum atomic E-state index is 13.1. The Labute approximate surface area is 98.9 Å². The number of hydrogen-bond acceptors (Lipinski definition) is 4. The van der Waals surface area contributed by atoms with Gasteiger partial charge in [-0.15, -0.1) is 0 Å². The van der Waals surface area contributed by atoms with Crippen LogP contribution in [0.4, 0.5) is 4.39 Å². The molecule has 78 valence electrons. The highest BCUT2D eigenvalue weighted by Gasteiger charge is 2.13. The van der Waals surface area contributed by atoms with E-state index in [1.54, 1.807) is 0 Å². The lowest BCUT2D eigenvalue weighted by molar-refractivity contribution is 0.603. The molecule has 0 saturated heterocycles. The summed E-state index contributed by atoms with van der Waals surface area (Å²) >= 11 is 12.5. The maximum absolute atomic E-state index is 13.1. The van der Waals surface area contributed by atoms with Gasteiger partial charge in [-0.2, -0.15) is 0 Å². The fourth-order valence-corrected chi connectivity index (χ4v) is 2.04. The first-order chi connectivity index (χ1) is 7.08. The zero-order valence-corrected chi connectivity index (χ0v) is 9.79. The molecule has 0 atom stereocenters. The number of aromatic nitrogens is 3. The molecule has 0 N–H and O–H groups in total. The van der Waals surface area contributed by atoms with Crippen molar-refractivity contribution in [1.29, 1.82) is 0 Å². The van der Waals surface area contributed by atoms with Crippen LogP contribution in [0.5, 0.6) is 0 Å². The van der Waals surface area contributed by atoms with Crippen LogP contribution in [0.3, 0.4) is 0 Å². The second-order valence-electron chi connectivity index (χ2n) is 2.71. The Morgan fingerprint density at radius 2 is 2.07 bits per heavy atom. The van der Waals surface area contributed by atoms with E-state index in [0.717, 1.165) is 0 Å². The van der Waals surface area contributed by atoms with Crippen LogP contribution in [0, 0.1) is 12.7 Å². The average molecular weight is 264 g/mol. The van der Waals surface area contributed by atoms with Crippen molar-refractivity contribution in [2.24, 2.45) is 0 Å². The molecule has 2 heterocycles. The van der Waals surface area contributed by atoms with E-state index in [1.807, 2.05) is 0 Å². The highest BCUT2D eigenvalue weighted by molar-refractivity contribution is 7.18. The zero-order valence-electron chi connectivity index (χ0n) is 7.46. The number of aryl methyl sites for hydroxylation is 1. The molecule has 0 fully saturated rings. The Balaban J connectivity index is 2.55. The molecule has 2 aromatic rings. The lowest BCUT2D eigenvalue weighted by atomic mass is 10.4. The van der Waals surface area contributed by atoms with Crippen LogP contribution in [-0.2, 0) is 0 Å². The molecular weight excluding hydrogens is 260 g/mol. The second kappa shape index (κ2) is 4.00. The van der Waals surface area contributed by atoms with Crippen molar-refractivity contribution in [3.63, 3.8) is 0 Å². The molecule has 7 heteroatoms. The summed E-state index contributed by atoms with van der Waals surface area (Å²) in [6.45, 7) is 1.52. The highest BCUT2D eigenvalue weighted by Crippen LogP contribution is 2.27. The number of halogens is 3. The summed E-state index contributed by atoms with van der Waals surface area (Å²) in [7, 11) is 0.